The normalized spacial score (nSPS) is 11.2. The number of benzene rings is 1. The maximum absolute atomic E-state index is 11.8. The third-order valence-electron chi connectivity index (χ3n) is 4.27. The molecule has 0 spiro atoms. The van der Waals surface area contributed by atoms with Gasteiger partial charge in [-0.3, -0.25) is 4.79 Å². The van der Waals surface area contributed by atoms with Crippen LogP contribution in [0.3, 0.4) is 0 Å². The van der Waals surface area contributed by atoms with Gasteiger partial charge in [0.1, 0.15) is 6.54 Å². The molecule has 2 aromatic rings. The number of guanidine groups is 1. The Morgan fingerprint density at radius 1 is 1.04 bits per heavy atom. The molecule has 0 atom stereocenters. The molecule has 28 heavy (non-hydrogen) atoms. The van der Waals surface area contributed by atoms with Gasteiger partial charge in [-0.05, 0) is 36.4 Å². The van der Waals surface area contributed by atoms with E-state index in [0.29, 0.717) is 5.96 Å². The molecule has 0 radical (unpaired) electrons. The molecule has 2 rings (SSSR count). The summed E-state index contributed by atoms with van der Waals surface area (Å²) in [5, 5.41) is 8.76. The van der Waals surface area contributed by atoms with Crippen molar-refractivity contribution in [1.29, 1.82) is 0 Å². The summed E-state index contributed by atoms with van der Waals surface area (Å²) in [7, 11) is 5.59. The summed E-state index contributed by atoms with van der Waals surface area (Å²) in [4.78, 5) is 21.4. The van der Waals surface area contributed by atoms with E-state index in [0.717, 1.165) is 32.5 Å². The average Bonchev–Trinajstić information content (AvgIpc) is 3.22. The Kier molecular flexibility index (Phi) is 9.34. The maximum atomic E-state index is 11.8. The number of para-hydroxylation sites is 1. The highest BCUT2D eigenvalue weighted by atomic mass is 32.1. The number of carbonyl (C=O) groups excluding carboxylic acids is 1. The van der Waals surface area contributed by atoms with Crippen molar-refractivity contribution >= 4 is 28.9 Å². The first kappa shape index (κ1) is 21.8. The van der Waals surface area contributed by atoms with Gasteiger partial charge >= 0.3 is 0 Å². The van der Waals surface area contributed by atoms with Crippen molar-refractivity contribution in [3.8, 4) is 0 Å². The van der Waals surface area contributed by atoms with Crippen LogP contribution in [0.2, 0.25) is 0 Å². The van der Waals surface area contributed by atoms with E-state index in [1.165, 1.54) is 10.6 Å². The fraction of sp³-hybridized carbons (Fsp3) is 0.429. The molecule has 1 aromatic carbocycles. The zero-order valence-electron chi connectivity index (χ0n) is 17.0. The molecule has 0 aliphatic rings. The Labute approximate surface area is 172 Å². The number of aliphatic imine (C=N–C) groups is 1. The van der Waals surface area contributed by atoms with Gasteiger partial charge in [0.25, 0.3) is 0 Å². The molecular weight excluding hydrogens is 370 g/mol. The molecule has 2 N–H and O–H groups in total. The van der Waals surface area contributed by atoms with Crippen LogP contribution in [0.5, 0.6) is 0 Å². The lowest BCUT2D eigenvalue weighted by atomic mass is 10.3. The van der Waals surface area contributed by atoms with Crippen LogP contribution in [0.1, 0.15) is 11.3 Å². The van der Waals surface area contributed by atoms with Crippen molar-refractivity contribution in [2.45, 2.75) is 12.8 Å². The average molecular weight is 402 g/mol. The fourth-order valence-corrected chi connectivity index (χ4v) is 3.26. The summed E-state index contributed by atoms with van der Waals surface area (Å²) in [6.07, 6.45) is 1.91. The number of anilines is 1. The smallest absolute Gasteiger partial charge is 0.243 e. The third-order valence-corrected chi connectivity index (χ3v) is 5.21. The SMILES string of the molecule is CN(C)C(=O)CN=C(NCCCN(C)c1ccccc1)NCCc1cccs1. The summed E-state index contributed by atoms with van der Waals surface area (Å²) in [6, 6.07) is 14.5. The van der Waals surface area contributed by atoms with Gasteiger partial charge < -0.3 is 20.4 Å². The number of carbonyl (C=O) groups is 1. The largest absolute Gasteiger partial charge is 0.375 e. The van der Waals surface area contributed by atoms with Crippen molar-refractivity contribution in [1.82, 2.24) is 15.5 Å². The van der Waals surface area contributed by atoms with Gasteiger partial charge in [-0.15, -0.1) is 11.3 Å². The van der Waals surface area contributed by atoms with E-state index in [-0.39, 0.29) is 12.5 Å². The number of amides is 1. The van der Waals surface area contributed by atoms with Crippen LogP contribution in [-0.4, -0.2) is 64.1 Å². The minimum atomic E-state index is -0.0110. The molecular formula is C21H31N5OS. The number of hydrogen-bond donors (Lipinski definition) is 2. The van der Waals surface area contributed by atoms with Crippen LogP contribution in [-0.2, 0) is 11.2 Å². The number of likely N-dealkylation sites (N-methyl/N-ethyl adjacent to an activating group) is 1. The maximum Gasteiger partial charge on any atom is 0.243 e. The molecule has 0 unspecified atom stereocenters. The Balaban J connectivity index is 1.78. The molecule has 1 heterocycles. The van der Waals surface area contributed by atoms with Crippen molar-refractivity contribution in [3.05, 3.63) is 52.7 Å². The Bertz CT molecular complexity index is 716. The molecule has 0 fully saturated rings. The lowest BCUT2D eigenvalue weighted by Crippen LogP contribution is -2.40. The van der Waals surface area contributed by atoms with E-state index < -0.39 is 0 Å². The van der Waals surface area contributed by atoms with Crippen LogP contribution in [0, 0.1) is 0 Å². The first-order valence-corrected chi connectivity index (χ1v) is 10.4. The van der Waals surface area contributed by atoms with E-state index >= 15 is 0 Å². The van der Waals surface area contributed by atoms with Crippen LogP contribution in [0.4, 0.5) is 5.69 Å². The highest BCUT2D eigenvalue weighted by Gasteiger charge is 2.05. The first-order chi connectivity index (χ1) is 13.6. The Morgan fingerprint density at radius 3 is 2.46 bits per heavy atom. The van der Waals surface area contributed by atoms with Gasteiger partial charge in [0, 0.05) is 51.3 Å². The number of hydrogen-bond acceptors (Lipinski definition) is 4. The molecule has 152 valence electrons. The number of rotatable bonds is 10. The quantitative estimate of drug-likeness (QED) is 0.365. The van der Waals surface area contributed by atoms with E-state index in [1.807, 2.05) is 18.2 Å². The monoisotopic (exact) mass is 401 g/mol. The number of nitrogens with zero attached hydrogens (tertiary/aromatic N) is 3. The third kappa shape index (κ3) is 8.00. The van der Waals surface area contributed by atoms with Crippen LogP contribution >= 0.6 is 11.3 Å². The van der Waals surface area contributed by atoms with Crippen LogP contribution < -0.4 is 15.5 Å². The summed E-state index contributed by atoms with van der Waals surface area (Å²) < 4.78 is 0. The zero-order chi connectivity index (χ0) is 20.2. The van der Waals surface area contributed by atoms with Gasteiger partial charge in [-0.2, -0.15) is 0 Å². The molecule has 0 saturated heterocycles. The van der Waals surface area contributed by atoms with Crippen LogP contribution in [0.25, 0.3) is 0 Å². The molecule has 0 saturated carbocycles. The lowest BCUT2D eigenvalue weighted by molar-refractivity contribution is -0.127. The van der Waals surface area contributed by atoms with Crippen LogP contribution in [0.15, 0.2) is 52.8 Å². The minimum absolute atomic E-state index is 0.0110. The molecule has 0 bridgehead atoms. The highest BCUT2D eigenvalue weighted by Crippen LogP contribution is 2.10. The second-order valence-electron chi connectivity index (χ2n) is 6.75. The molecule has 7 heteroatoms. The molecule has 6 nitrogen and oxygen atoms in total. The van der Waals surface area contributed by atoms with Gasteiger partial charge in [-0.25, -0.2) is 4.99 Å². The molecule has 1 amide bonds. The topological polar surface area (TPSA) is 60.0 Å². The first-order valence-electron chi connectivity index (χ1n) is 9.57. The summed E-state index contributed by atoms with van der Waals surface area (Å²) in [5.74, 6) is 0.678. The van der Waals surface area contributed by atoms with Gasteiger partial charge in [-0.1, -0.05) is 24.3 Å². The van der Waals surface area contributed by atoms with Gasteiger partial charge in [0.15, 0.2) is 5.96 Å². The molecule has 0 aliphatic heterocycles. The second-order valence-corrected chi connectivity index (χ2v) is 7.78. The summed E-state index contributed by atoms with van der Waals surface area (Å²) in [5.41, 5.74) is 1.21. The predicted octanol–water partition coefficient (Wildman–Crippen LogP) is 2.44. The molecule has 1 aromatic heterocycles. The van der Waals surface area contributed by atoms with Crippen molar-refractivity contribution < 1.29 is 4.79 Å². The van der Waals surface area contributed by atoms with E-state index in [4.69, 9.17) is 0 Å². The number of thiophene rings is 1. The van der Waals surface area contributed by atoms with Gasteiger partial charge in [0.2, 0.25) is 5.91 Å². The fourth-order valence-electron chi connectivity index (χ4n) is 2.56. The minimum Gasteiger partial charge on any atom is -0.375 e. The Hall–Kier alpha value is -2.54. The summed E-state index contributed by atoms with van der Waals surface area (Å²) in [6.45, 7) is 2.66. The zero-order valence-corrected chi connectivity index (χ0v) is 17.8. The number of nitrogens with one attached hydrogen (secondary N) is 2. The van der Waals surface area contributed by atoms with E-state index in [1.54, 1.807) is 30.3 Å². The summed E-state index contributed by atoms with van der Waals surface area (Å²) >= 11 is 1.75. The second kappa shape index (κ2) is 12.0. The highest BCUT2D eigenvalue weighted by molar-refractivity contribution is 7.09. The molecule has 0 aliphatic carbocycles. The van der Waals surface area contributed by atoms with E-state index in [9.17, 15) is 4.79 Å². The van der Waals surface area contributed by atoms with Crippen molar-refractivity contribution in [3.63, 3.8) is 0 Å². The van der Waals surface area contributed by atoms with Gasteiger partial charge in [0.05, 0.1) is 0 Å². The standard InChI is InChI=1S/C21H31N5OS/c1-25(2)20(27)17-24-21(23-14-12-19-11-7-16-28-19)22-13-8-15-26(3)18-9-5-4-6-10-18/h4-7,9-11,16H,8,12-15,17H2,1-3H3,(H2,22,23,24). The van der Waals surface area contributed by atoms with Crippen molar-refractivity contribution in [2.75, 3.05) is 52.2 Å². The van der Waals surface area contributed by atoms with E-state index in [2.05, 4.69) is 57.2 Å². The lowest BCUT2D eigenvalue weighted by Gasteiger charge is -2.20. The Morgan fingerprint density at radius 2 is 1.79 bits per heavy atom. The predicted molar refractivity (Wildman–Crippen MR) is 119 cm³/mol. The van der Waals surface area contributed by atoms with Crippen molar-refractivity contribution in [2.24, 2.45) is 4.99 Å².